The number of benzene rings is 2. The number of amides is 2. The molecule has 51 heavy (non-hydrogen) atoms. The third-order valence-corrected chi connectivity index (χ3v) is 11.6. The fourth-order valence-electron chi connectivity index (χ4n) is 5.81. The molecule has 4 N–H and O–H groups in total. The summed E-state index contributed by atoms with van der Waals surface area (Å²) < 4.78 is 96.8. The second kappa shape index (κ2) is 18.3. The Labute approximate surface area is 299 Å². The number of halogens is 5. The van der Waals surface area contributed by atoms with Gasteiger partial charge in [0.1, 0.15) is 22.6 Å². The van der Waals surface area contributed by atoms with Crippen LogP contribution in [-0.2, 0) is 40.2 Å². The van der Waals surface area contributed by atoms with Gasteiger partial charge in [-0.05, 0) is 61.4 Å². The number of rotatable bonds is 18. The van der Waals surface area contributed by atoms with Gasteiger partial charge in [-0.1, -0.05) is 57.9 Å². The van der Waals surface area contributed by atoms with Gasteiger partial charge in [-0.15, -0.1) is 11.3 Å². The van der Waals surface area contributed by atoms with E-state index in [4.69, 9.17) is 5.73 Å². The summed E-state index contributed by atoms with van der Waals surface area (Å²) in [5.74, 6) is -4.94. The summed E-state index contributed by atoms with van der Waals surface area (Å²) in [6, 6.07) is 6.83. The van der Waals surface area contributed by atoms with E-state index in [1.165, 1.54) is 6.92 Å². The van der Waals surface area contributed by atoms with E-state index in [9.17, 15) is 45.1 Å². The van der Waals surface area contributed by atoms with E-state index < -0.39 is 85.8 Å². The quantitative estimate of drug-likeness (QED) is 0.140. The molecule has 1 heterocycles. The van der Waals surface area contributed by atoms with Crippen LogP contribution in [0.1, 0.15) is 83.5 Å². The summed E-state index contributed by atoms with van der Waals surface area (Å²) in [5, 5.41) is 12.5. The molecule has 3 rings (SSSR count). The van der Waals surface area contributed by atoms with Crippen molar-refractivity contribution in [3.05, 3.63) is 86.4 Å². The second-order valence-electron chi connectivity index (χ2n) is 12.6. The highest BCUT2D eigenvalue weighted by atomic mass is 32.2. The zero-order valence-corrected chi connectivity index (χ0v) is 30.6. The van der Waals surface area contributed by atoms with Crippen molar-refractivity contribution in [2.24, 2.45) is 5.73 Å². The number of aryl methyl sites for hydroxylation is 2. The number of aliphatic hydroxyl groups is 1. The number of carbonyl (C=O) groups is 2. The maximum atomic E-state index is 14.4. The van der Waals surface area contributed by atoms with Gasteiger partial charge in [-0.3, -0.25) is 9.59 Å². The standard InChI is InChI=1S/C35H45F5N4O5S2/c1-5-9-27(10-6-2)51(48,49)20-29(43-33(46)31-32(35(38,39)40)42-21(4)50-31)34(47)44(18-23-12-8-11-22(7-3)13-23)19-30(45)28(41)16-24-14-25(36)17-26(37)15-24/h8,11-15,17,27-30,45H,5-7,9-10,16,18-20,41H2,1-4H3,(H,43,46)/t28-,29?,30+/m0/s1. The predicted octanol–water partition coefficient (Wildman–Crippen LogP) is 5.75. The molecule has 0 radical (unpaired) electrons. The lowest BCUT2D eigenvalue weighted by Gasteiger charge is -2.32. The summed E-state index contributed by atoms with van der Waals surface area (Å²) in [5.41, 5.74) is 6.39. The summed E-state index contributed by atoms with van der Waals surface area (Å²) in [4.78, 5) is 31.6. The molecule has 1 unspecified atom stereocenters. The summed E-state index contributed by atoms with van der Waals surface area (Å²) in [6.07, 6.45) is -4.54. The van der Waals surface area contributed by atoms with E-state index in [0.717, 1.165) is 22.6 Å². The van der Waals surface area contributed by atoms with Crippen molar-refractivity contribution in [1.82, 2.24) is 15.2 Å². The molecule has 3 atom stereocenters. The van der Waals surface area contributed by atoms with E-state index in [0.29, 0.717) is 42.2 Å². The van der Waals surface area contributed by atoms with E-state index in [1.807, 2.05) is 13.0 Å². The van der Waals surface area contributed by atoms with Crippen LogP contribution in [0.25, 0.3) is 0 Å². The number of aromatic nitrogens is 1. The van der Waals surface area contributed by atoms with Crippen LogP contribution in [-0.4, -0.2) is 71.0 Å². The monoisotopic (exact) mass is 760 g/mol. The highest BCUT2D eigenvalue weighted by molar-refractivity contribution is 7.92. The number of hydrogen-bond donors (Lipinski definition) is 3. The third-order valence-electron chi connectivity index (χ3n) is 8.32. The van der Waals surface area contributed by atoms with Crippen molar-refractivity contribution in [2.45, 2.75) is 102 Å². The number of carbonyl (C=O) groups excluding carboxylic acids is 2. The molecule has 282 valence electrons. The number of nitrogens with one attached hydrogen (secondary N) is 1. The van der Waals surface area contributed by atoms with Crippen LogP contribution < -0.4 is 11.1 Å². The Balaban J connectivity index is 2.06. The van der Waals surface area contributed by atoms with Gasteiger partial charge in [0.25, 0.3) is 5.91 Å². The smallest absolute Gasteiger partial charge is 0.390 e. The van der Waals surface area contributed by atoms with E-state index >= 15 is 0 Å². The zero-order chi connectivity index (χ0) is 38.1. The molecule has 0 bridgehead atoms. The summed E-state index contributed by atoms with van der Waals surface area (Å²) in [6.45, 7) is 6.07. The molecule has 0 aliphatic rings. The van der Waals surface area contributed by atoms with Crippen molar-refractivity contribution in [2.75, 3.05) is 12.3 Å². The fraction of sp³-hybridized carbons (Fsp3) is 0.514. The number of nitrogens with zero attached hydrogens (tertiary/aromatic N) is 2. The highest BCUT2D eigenvalue weighted by Gasteiger charge is 2.41. The Morgan fingerprint density at radius 3 is 2.18 bits per heavy atom. The van der Waals surface area contributed by atoms with Crippen molar-refractivity contribution in [3.63, 3.8) is 0 Å². The van der Waals surface area contributed by atoms with Gasteiger partial charge in [0.05, 0.1) is 22.1 Å². The highest BCUT2D eigenvalue weighted by Crippen LogP contribution is 2.34. The molecule has 0 aliphatic heterocycles. The van der Waals surface area contributed by atoms with E-state index in [1.54, 1.807) is 32.0 Å². The van der Waals surface area contributed by atoms with Crippen molar-refractivity contribution < 1.29 is 45.1 Å². The molecule has 0 spiro atoms. The van der Waals surface area contributed by atoms with Crippen LogP contribution in [0.3, 0.4) is 0 Å². The van der Waals surface area contributed by atoms with Gasteiger partial charge in [0, 0.05) is 25.2 Å². The van der Waals surface area contributed by atoms with Gasteiger partial charge in [-0.2, -0.15) is 13.2 Å². The largest absolute Gasteiger partial charge is 0.435 e. The molecule has 9 nitrogen and oxygen atoms in total. The Kier molecular flexibility index (Phi) is 15.1. The first-order valence-electron chi connectivity index (χ1n) is 16.7. The molecule has 2 amide bonds. The Morgan fingerprint density at radius 1 is 1.00 bits per heavy atom. The van der Waals surface area contributed by atoms with Crippen LogP contribution in [0.5, 0.6) is 0 Å². The number of nitrogens with two attached hydrogens (primary N) is 1. The molecule has 0 fully saturated rings. The molecule has 2 aromatic carbocycles. The average molecular weight is 761 g/mol. The lowest BCUT2D eigenvalue weighted by atomic mass is 10.0. The molecule has 1 aromatic heterocycles. The fourth-order valence-corrected chi connectivity index (χ4v) is 8.80. The number of aliphatic hydroxyl groups excluding tert-OH is 1. The first-order valence-corrected chi connectivity index (χ1v) is 19.2. The second-order valence-corrected chi connectivity index (χ2v) is 16.1. The van der Waals surface area contributed by atoms with Crippen molar-refractivity contribution in [1.29, 1.82) is 0 Å². The lowest BCUT2D eigenvalue weighted by molar-refractivity contribution is -0.141. The Hall–Kier alpha value is -3.47. The zero-order valence-electron chi connectivity index (χ0n) is 29.0. The molecular weight excluding hydrogens is 716 g/mol. The average Bonchev–Trinajstić information content (AvgIpc) is 3.45. The Bertz CT molecular complexity index is 1730. The molecule has 0 saturated carbocycles. The minimum Gasteiger partial charge on any atom is -0.390 e. The first-order chi connectivity index (χ1) is 23.9. The normalized spacial score (nSPS) is 14.0. The molecule has 0 aliphatic carbocycles. The van der Waals surface area contributed by atoms with Gasteiger partial charge < -0.3 is 21.1 Å². The minimum absolute atomic E-state index is 0.0679. The van der Waals surface area contributed by atoms with Crippen LogP contribution in [0, 0.1) is 18.6 Å². The van der Waals surface area contributed by atoms with Gasteiger partial charge in [-0.25, -0.2) is 22.2 Å². The van der Waals surface area contributed by atoms with Gasteiger partial charge >= 0.3 is 6.18 Å². The summed E-state index contributed by atoms with van der Waals surface area (Å²) in [7, 11) is -4.12. The molecular formula is C35H45F5N4O5S2. The van der Waals surface area contributed by atoms with Crippen LogP contribution in [0.15, 0.2) is 42.5 Å². The maximum absolute atomic E-state index is 14.4. The van der Waals surface area contributed by atoms with Crippen LogP contribution in [0.4, 0.5) is 22.0 Å². The predicted molar refractivity (Wildman–Crippen MR) is 186 cm³/mol. The van der Waals surface area contributed by atoms with Crippen LogP contribution in [0.2, 0.25) is 0 Å². The van der Waals surface area contributed by atoms with Crippen LogP contribution >= 0.6 is 11.3 Å². The minimum atomic E-state index is -5.00. The molecule has 3 aromatic rings. The number of alkyl halides is 3. The number of thiazole rings is 1. The van der Waals surface area contributed by atoms with Crippen molar-refractivity contribution >= 4 is 33.0 Å². The number of hydrogen-bond acceptors (Lipinski definition) is 8. The summed E-state index contributed by atoms with van der Waals surface area (Å²) >= 11 is 0.449. The Morgan fingerprint density at radius 2 is 1.61 bits per heavy atom. The van der Waals surface area contributed by atoms with E-state index in [-0.39, 0.29) is 36.4 Å². The van der Waals surface area contributed by atoms with E-state index in [2.05, 4.69) is 10.3 Å². The molecule has 16 heteroatoms. The van der Waals surface area contributed by atoms with Gasteiger partial charge in [0.2, 0.25) is 5.91 Å². The third kappa shape index (κ3) is 12.0. The maximum Gasteiger partial charge on any atom is 0.435 e. The number of sulfone groups is 1. The van der Waals surface area contributed by atoms with Gasteiger partial charge in [0.15, 0.2) is 15.5 Å². The van der Waals surface area contributed by atoms with Crippen molar-refractivity contribution in [3.8, 4) is 0 Å². The SMILES string of the molecule is CCCC(CCC)S(=O)(=O)CC(NC(=O)c1sc(C)nc1C(F)(F)F)C(=O)N(Cc1cccc(CC)c1)C[C@@H](O)[C@@H](N)Cc1cc(F)cc(F)c1. The molecule has 0 saturated heterocycles. The first kappa shape index (κ1) is 41.9. The topological polar surface area (TPSA) is 143 Å². The lowest BCUT2D eigenvalue weighted by Crippen LogP contribution is -2.55.